The fraction of sp³-hybridized carbons (Fsp3) is 1.00. The first kappa shape index (κ1) is 11.3. The van der Waals surface area contributed by atoms with Crippen LogP contribution in [0.25, 0.3) is 0 Å². The van der Waals surface area contributed by atoms with E-state index in [4.69, 9.17) is 11.6 Å². The molecule has 0 aromatic rings. The molecule has 0 aromatic carbocycles. The van der Waals surface area contributed by atoms with Gasteiger partial charge in [0.2, 0.25) is 0 Å². The molecule has 0 saturated heterocycles. The van der Waals surface area contributed by atoms with Crippen LogP contribution in [0.5, 0.6) is 0 Å². The molecule has 2 atom stereocenters. The monoisotopic (exact) mass is 176 g/mol. The van der Waals surface area contributed by atoms with Gasteiger partial charge in [-0.05, 0) is 25.2 Å². The quantitative estimate of drug-likeness (QED) is 0.551. The second-order valence-electron chi connectivity index (χ2n) is 3.90. The maximum Gasteiger partial charge on any atom is 0.0313 e. The van der Waals surface area contributed by atoms with Gasteiger partial charge in [0.25, 0.3) is 0 Å². The Morgan fingerprint density at radius 2 is 1.91 bits per heavy atom. The smallest absolute Gasteiger partial charge is 0.0313 e. The highest BCUT2D eigenvalue weighted by Crippen LogP contribution is 2.33. The van der Waals surface area contributed by atoms with Crippen LogP contribution in [0.15, 0.2) is 0 Å². The molecule has 0 aliphatic rings. The normalized spacial score (nSPS) is 19.4. The second kappa shape index (κ2) is 5.03. The molecule has 0 N–H and O–H groups in total. The first-order valence-corrected chi connectivity index (χ1v) is 5.12. The van der Waals surface area contributed by atoms with Gasteiger partial charge in [-0.3, -0.25) is 0 Å². The Labute approximate surface area is 76.3 Å². The van der Waals surface area contributed by atoms with Crippen molar-refractivity contribution in [1.29, 1.82) is 0 Å². The van der Waals surface area contributed by atoms with Gasteiger partial charge in [0.15, 0.2) is 0 Å². The van der Waals surface area contributed by atoms with E-state index in [9.17, 15) is 0 Å². The highest BCUT2D eigenvalue weighted by molar-refractivity contribution is 6.20. The number of alkyl halides is 1. The van der Waals surface area contributed by atoms with Crippen molar-refractivity contribution in [2.75, 3.05) is 0 Å². The molecule has 0 amide bonds. The first-order valence-electron chi connectivity index (χ1n) is 4.68. The Morgan fingerprint density at radius 3 is 2.18 bits per heavy atom. The summed E-state index contributed by atoms with van der Waals surface area (Å²) in [5.41, 5.74) is 0.482. The SMILES string of the molecule is CCCC(C)(CC)CC(C)Cl. The minimum absolute atomic E-state index is 0.325. The third-order valence-electron chi connectivity index (χ3n) is 2.48. The molecule has 0 fully saturated rings. The molecule has 0 radical (unpaired) electrons. The number of rotatable bonds is 5. The molecule has 0 nitrogen and oxygen atoms in total. The van der Waals surface area contributed by atoms with Gasteiger partial charge >= 0.3 is 0 Å². The van der Waals surface area contributed by atoms with E-state index in [0.29, 0.717) is 10.8 Å². The molecule has 0 aliphatic carbocycles. The zero-order valence-corrected chi connectivity index (χ0v) is 9.04. The molecule has 1 heteroatoms. The zero-order chi connectivity index (χ0) is 8.91. The van der Waals surface area contributed by atoms with Crippen molar-refractivity contribution in [3.8, 4) is 0 Å². The highest BCUT2D eigenvalue weighted by atomic mass is 35.5. The average molecular weight is 177 g/mol. The van der Waals surface area contributed by atoms with Crippen LogP contribution in [0, 0.1) is 5.41 Å². The molecule has 0 heterocycles. The van der Waals surface area contributed by atoms with E-state index in [2.05, 4.69) is 27.7 Å². The Hall–Kier alpha value is 0.290. The predicted molar refractivity (Wildman–Crippen MR) is 53.2 cm³/mol. The maximum absolute atomic E-state index is 5.98. The van der Waals surface area contributed by atoms with Gasteiger partial charge in [-0.1, -0.05) is 33.6 Å². The van der Waals surface area contributed by atoms with Crippen molar-refractivity contribution in [3.63, 3.8) is 0 Å². The van der Waals surface area contributed by atoms with E-state index in [1.807, 2.05) is 0 Å². The van der Waals surface area contributed by atoms with Crippen molar-refractivity contribution in [2.24, 2.45) is 5.41 Å². The van der Waals surface area contributed by atoms with E-state index >= 15 is 0 Å². The lowest BCUT2D eigenvalue weighted by atomic mass is 9.79. The fourth-order valence-corrected chi connectivity index (χ4v) is 2.08. The molecular formula is C10H21Cl. The van der Waals surface area contributed by atoms with Crippen LogP contribution < -0.4 is 0 Å². The summed E-state index contributed by atoms with van der Waals surface area (Å²) >= 11 is 5.98. The second-order valence-corrected chi connectivity index (χ2v) is 4.64. The van der Waals surface area contributed by atoms with Crippen molar-refractivity contribution in [3.05, 3.63) is 0 Å². The maximum atomic E-state index is 5.98. The van der Waals surface area contributed by atoms with E-state index in [-0.39, 0.29) is 0 Å². The van der Waals surface area contributed by atoms with Crippen molar-refractivity contribution >= 4 is 11.6 Å². The zero-order valence-electron chi connectivity index (χ0n) is 8.28. The molecule has 0 rings (SSSR count). The number of halogens is 1. The van der Waals surface area contributed by atoms with E-state index in [1.54, 1.807) is 0 Å². The summed E-state index contributed by atoms with van der Waals surface area (Å²) in [5.74, 6) is 0. The lowest BCUT2D eigenvalue weighted by molar-refractivity contribution is 0.257. The Kier molecular flexibility index (Phi) is 5.16. The molecule has 0 aliphatic heterocycles. The van der Waals surface area contributed by atoms with Gasteiger partial charge in [-0.25, -0.2) is 0 Å². The number of hydrogen-bond acceptors (Lipinski definition) is 0. The van der Waals surface area contributed by atoms with Crippen LogP contribution in [0.2, 0.25) is 0 Å². The summed E-state index contributed by atoms with van der Waals surface area (Å²) in [5, 5.41) is 0.325. The Morgan fingerprint density at radius 1 is 1.36 bits per heavy atom. The van der Waals surface area contributed by atoms with Gasteiger partial charge in [-0.2, -0.15) is 0 Å². The molecule has 0 aromatic heterocycles. The lowest BCUT2D eigenvalue weighted by Crippen LogP contribution is -2.18. The first-order chi connectivity index (χ1) is 5.04. The minimum atomic E-state index is 0.325. The molecule has 68 valence electrons. The van der Waals surface area contributed by atoms with Crippen LogP contribution >= 0.6 is 11.6 Å². The highest BCUT2D eigenvalue weighted by Gasteiger charge is 2.22. The third kappa shape index (κ3) is 4.68. The van der Waals surface area contributed by atoms with Crippen LogP contribution in [0.4, 0.5) is 0 Å². The third-order valence-corrected chi connectivity index (χ3v) is 2.64. The van der Waals surface area contributed by atoms with E-state index in [0.717, 1.165) is 6.42 Å². The fourth-order valence-electron chi connectivity index (χ4n) is 1.71. The summed E-state index contributed by atoms with van der Waals surface area (Å²) in [6.45, 7) is 8.93. The standard InChI is InChI=1S/C10H21Cl/c1-5-7-10(4,6-2)8-9(3)11/h9H,5-8H2,1-4H3. The summed E-state index contributed by atoms with van der Waals surface area (Å²) < 4.78 is 0. The van der Waals surface area contributed by atoms with Crippen LogP contribution in [-0.2, 0) is 0 Å². The molecule has 0 spiro atoms. The molecule has 0 saturated carbocycles. The summed E-state index contributed by atoms with van der Waals surface area (Å²) in [4.78, 5) is 0. The average Bonchev–Trinajstić information content (AvgIpc) is 1.87. The van der Waals surface area contributed by atoms with Gasteiger partial charge < -0.3 is 0 Å². The predicted octanol–water partition coefficient (Wildman–Crippen LogP) is 4.22. The van der Waals surface area contributed by atoms with Crippen molar-refractivity contribution in [2.45, 2.75) is 58.8 Å². The van der Waals surface area contributed by atoms with Crippen molar-refractivity contribution < 1.29 is 0 Å². The Balaban J connectivity index is 3.87. The topological polar surface area (TPSA) is 0 Å². The summed E-state index contributed by atoms with van der Waals surface area (Å²) in [7, 11) is 0. The van der Waals surface area contributed by atoms with Crippen molar-refractivity contribution in [1.82, 2.24) is 0 Å². The van der Waals surface area contributed by atoms with Crippen LogP contribution in [-0.4, -0.2) is 5.38 Å². The molecule has 0 bridgehead atoms. The summed E-state index contributed by atoms with van der Waals surface area (Å²) in [6.07, 6.45) is 4.98. The van der Waals surface area contributed by atoms with E-state index in [1.165, 1.54) is 19.3 Å². The van der Waals surface area contributed by atoms with Crippen LogP contribution in [0.1, 0.15) is 53.4 Å². The lowest BCUT2D eigenvalue weighted by Gasteiger charge is -2.28. The number of hydrogen-bond donors (Lipinski definition) is 0. The van der Waals surface area contributed by atoms with Gasteiger partial charge in [0.1, 0.15) is 0 Å². The minimum Gasteiger partial charge on any atom is -0.123 e. The van der Waals surface area contributed by atoms with Gasteiger partial charge in [-0.15, -0.1) is 11.6 Å². The molecular weight excluding hydrogens is 156 g/mol. The molecule has 2 unspecified atom stereocenters. The summed E-state index contributed by atoms with van der Waals surface area (Å²) in [6, 6.07) is 0. The van der Waals surface area contributed by atoms with E-state index < -0.39 is 0 Å². The van der Waals surface area contributed by atoms with Gasteiger partial charge in [0, 0.05) is 5.38 Å². The van der Waals surface area contributed by atoms with Gasteiger partial charge in [0.05, 0.1) is 0 Å². The molecule has 11 heavy (non-hydrogen) atoms. The Bertz CT molecular complexity index is 99.0. The largest absolute Gasteiger partial charge is 0.123 e. The van der Waals surface area contributed by atoms with Crippen LogP contribution in [0.3, 0.4) is 0 Å².